The zero-order valence-corrected chi connectivity index (χ0v) is 12.1. The molecule has 2 amide bonds. The Hall–Kier alpha value is -1.10. The van der Waals surface area contributed by atoms with Crippen LogP contribution in [0.25, 0.3) is 0 Å². The molecule has 1 atom stereocenters. The highest BCUT2D eigenvalue weighted by Crippen LogP contribution is 2.23. The summed E-state index contributed by atoms with van der Waals surface area (Å²) in [5, 5.41) is 6.24. The molecular weight excluding hydrogens is 242 g/mol. The molecule has 1 fully saturated rings. The van der Waals surface area contributed by atoms with Crippen LogP contribution in [0, 0.1) is 5.92 Å². The molecule has 0 bridgehead atoms. The van der Waals surface area contributed by atoms with Crippen molar-refractivity contribution in [1.82, 2.24) is 10.6 Å². The van der Waals surface area contributed by atoms with Crippen molar-refractivity contribution in [2.45, 2.75) is 64.5 Å². The first kappa shape index (κ1) is 16.0. The van der Waals surface area contributed by atoms with Gasteiger partial charge in [-0.2, -0.15) is 0 Å². The van der Waals surface area contributed by atoms with Crippen LogP contribution in [0.3, 0.4) is 0 Å². The minimum absolute atomic E-state index is 0.0245. The zero-order valence-electron chi connectivity index (χ0n) is 12.1. The van der Waals surface area contributed by atoms with Gasteiger partial charge in [-0.25, -0.2) is 0 Å². The first-order chi connectivity index (χ1) is 9.02. The summed E-state index contributed by atoms with van der Waals surface area (Å²) in [6.07, 6.45) is 5.60. The number of hydrogen-bond acceptors (Lipinski definition) is 3. The van der Waals surface area contributed by atoms with E-state index in [1.165, 1.54) is 0 Å². The second-order valence-corrected chi connectivity index (χ2v) is 5.59. The van der Waals surface area contributed by atoms with E-state index in [2.05, 4.69) is 17.6 Å². The zero-order chi connectivity index (χ0) is 14.3. The van der Waals surface area contributed by atoms with Gasteiger partial charge in [0.15, 0.2) is 0 Å². The standard InChI is InChI=1S/C14H27N3O2/c1-3-4-10(2)17-13(18)9-16-12-7-5-11(6-8-12)14(15)19/h10-12,16H,3-9H2,1-2H3,(H2,15,19)(H,17,18). The maximum Gasteiger partial charge on any atom is 0.234 e. The lowest BCUT2D eigenvalue weighted by Gasteiger charge is -2.27. The highest BCUT2D eigenvalue weighted by Gasteiger charge is 2.24. The SMILES string of the molecule is CCCC(C)NC(=O)CNC1CCC(C(N)=O)CC1. The first-order valence-corrected chi connectivity index (χ1v) is 7.35. The Bertz CT molecular complexity index is 299. The average molecular weight is 269 g/mol. The van der Waals surface area contributed by atoms with Crippen molar-refractivity contribution < 1.29 is 9.59 Å². The van der Waals surface area contributed by atoms with Gasteiger partial charge >= 0.3 is 0 Å². The lowest BCUT2D eigenvalue weighted by molar-refractivity contribution is -0.123. The summed E-state index contributed by atoms with van der Waals surface area (Å²) in [6.45, 7) is 4.50. The minimum atomic E-state index is -0.190. The molecule has 19 heavy (non-hydrogen) atoms. The first-order valence-electron chi connectivity index (χ1n) is 7.35. The fourth-order valence-electron chi connectivity index (χ4n) is 2.65. The number of primary amides is 1. The summed E-state index contributed by atoms with van der Waals surface area (Å²) < 4.78 is 0. The van der Waals surface area contributed by atoms with Gasteiger partial charge in [-0.05, 0) is 39.0 Å². The second-order valence-electron chi connectivity index (χ2n) is 5.59. The van der Waals surface area contributed by atoms with Crippen molar-refractivity contribution in [2.24, 2.45) is 11.7 Å². The summed E-state index contributed by atoms with van der Waals surface area (Å²) in [4.78, 5) is 22.7. The fourth-order valence-corrected chi connectivity index (χ4v) is 2.65. The van der Waals surface area contributed by atoms with Gasteiger partial charge in [0.05, 0.1) is 6.54 Å². The molecule has 0 spiro atoms. The van der Waals surface area contributed by atoms with Gasteiger partial charge in [-0.1, -0.05) is 13.3 Å². The molecule has 0 heterocycles. The van der Waals surface area contributed by atoms with Gasteiger partial charge < -0.3 is 16.4 Å². The molecule has 1 aliphatic rings. The molecule has 5 nitrogen and oxygen atoms in total. The van der Waals surface area contributed by atoms with E-state index in [-0.39, 0.29) is 23.8 Å². The van der Waals surface area contributed by atoms with Crippen molar-refractivity contribution in [3.8, 4) is 0 Å². The molecule has 4 N–H and O–H groups in total. The Balaban J connectivity index is 2.16. The summed E-state index contributed by atoms with van der Waals surface area (Å²) in [6, 6.07) is 0.577. The van der Waals surface area contributed by atoms with Gasteiger partial charge in [-0.3, -0.25) is 9.59 Å². The van der Waals surface area contributed by atoms with Crippen molar-refractivity contribution in [3.63, 3.8) is 0 Å². The minimum Gasteiger partial charge on any atom is -0.369 e. The van der Waals surface area contributed by atoms with Gasteiger partial charge in [0.25, 0.3) is 0 Å². The molecule has 0 saturated heterocycles. The molecule has 0 radical (unpaired) electrons. The third-order valence-corrected chi connectivity index (χ3v) is 3.81. The number of nitrogens with two attached hydrogens (primary N) is 1. The third-order valence-electron chi connectivity index (χ3n) is 3.81. The highest BCUT2D eigenvalue weighted by molar-refractivity contribution is 5.78. The number of rotatable bonds is 7. The van der Waals surface area contributed by atoms with Crippen molar-refractivity contribution in [2.75, 3.05) is 6.54 Å². The van der Waals surface area contributed by atoms with E-state index < -0.39 is 0 Å². The Morgan fingerprint density at radius 2 is 1.89 bits per heavy atom. The Labute approximate surface area is 115 Å². The predicted molar refractivity (Wildman–Crippen MR) is 75.5 cm³/mol. The molecule has 1 aliphatic carbocycles. The van der Waals surface area contributed by atoms with Crippen LogP contribution in [0.2, 0.25) is 0 Å². The van der Waals surface area contributed by atoms with E-state index in [4.69, 9.17) is 5.73 Å². The molecular formula is C14H27N3O2. The van der Waals surface area contributed by atoms with E-state index in [1.807, 2.05) is 6.92 Å². The summed E-state index contributed by atoms with van der Waals surface area (Å²) >= 11 is 0. The van der Waals surface area contributed by atoms with Gasteiger partial charge in [0.1, 0.15) is 0 Å². The molecule has 1 rings (SSSR count). The quantitative estimate of drug-likeness (QED) is 0.642. The molecule has 0 aromatic carbocycles. The molecule has 1 saturated carbocycles. The number of hydrogen-bond donors (Lipinski definition) is 3. The average Bonchev–Trinajstić information content (AvgIpc) is 2.37. The van der Waals surface area contributed by atoms with Gasteiger partial charge in [-0.15, -0.1) is 0 Å². The van der Waals surface area contributed by atoms with Crippen LogP contribution in [0.5, 0.6) is 0 Å². The Kier molecular flexibility index (Phi) is 6.84. The van der Waals surface area contributed by atoms with Crippen LogP contribution in [0.4, 0.5) is 0 Å². The van der Waals surface area contributed by atoms with Crippen LogP contribution in [0.1, 0.15) is 52.4 Å². The van der Waals surface area contributed by atoms with Crippen molar-refractivity contribution >= 4 is 11.8 Å². The summed E-state index contributed by atoms with van der Waals surface area (Å²) in [5.41, 5.74) is 5.29. The molecule has 5 heteroatoms. The largest absolute Gasteiger partial charge is 0.369 e. The van der Waals surface area contributed by atoms with Crippen LogP contribution < -0.4 is 16.4 Å². The third kappa shape index (κ3) is 6.05. The summed E-state index contributed by atoms with van der Waals surface area (Å²) in [7, 11) is 0. The number of nitrogens with one attached hydrogen (secondary N) is 2. The Morgan fingerprint density at radius 3 is 2.42 bits per heavy atom. The van der Waals surface area contributed by atoms with E-state index in [0.717, 1.165) is 38.5 Å². The molecule has 0 aliphatic heterocycles. The topological polar surface area (TPSA) is 84.2 Å². The van der Waals surface area contributed by atoms with E-state index in [1.54, 1.807) is 0 Å². The van der Waals surface area contributed by atoms with Crippen LogP contribution in [-0.4, -0.2) is 30.4 Å². The van der Waals surface area contributed by atoms with Crippen LogP contribution in [0.15, 0.2) is 0 Å². The van der Waals surface area contributed by atoms with Crippen LogP contribution >= 0.6 is 0 Å². The van der Waals surface area contributed by atoms with Crippen molar-refractivity contribution in [3.05, 3.63) is 0 Å². The summed E-state index contributed by atoms with van der Waals surface area (Å²) in [5.74, 6) is -0.112. The molecule has 0 aromatic heterocycles. The molecule has 1 unspecified atom stereocenters. The fraction of sp³-hybridized carbons (Fsp3) is 0.857. The van der Waals surface area contributed by atoms with Gasteiger partial charge in [0, 0.05) is 18.0 Å². The van der Waals surface area contributed by atoms with Crippen LogP contribution in [-0.2, 0) is 9.59 Å². The Morgan fingerprint density at radius 1 is 1.26 bits per heavy atom. The predicted octanol–water partition coefficient (Wildman–Crippen LogP) is 0.925. The van der Waals surface area contributed by atoms with E-state index in [0.29, 0.717) is 12.6 Å². The maximum atomic E-state index is 11.7. The lowest BCUT2D eigenvalue weighted by Crippen LogP contribution is -2.44. The second kappa shape index (κ2) is 8.15. The van der Waals surface area contributed by atoms with Crippen molar-refractivity contribution in [1.29, 1.82) is 0 Å². The number of carbonyl (C=O) groups excluding carboxylic acids is 2. The van der Waals surface area contributed by atoms with E-state index >= 15 is 0 Å². The highest BCUT2D eigenvalue weighted by atomic mass is 16.2. The number of amides is 2. The molecule has 0 aromatic rings. The maximum absolute atomic E-state index is 11.7. The number of carbonyl (C=O) groups is 2. The smallest absolute Gasteiger partial charge is 0.234 e. The van der Waals surface area contributed by atoms with E-state index in [9.17, 15) is 9.59 Å². The lowest BCUT2D eigenvalue weighted by atomic mass is 9.85. The van der Waals surface area contributed by atoms with Gasteiger partial charge in [0.2, 0.25) is 11.8 Å². The molecule has 110 valence electrons. The monoisotopic (exact) mass is 269 g/mol. The normalized spacial score (nSPS) is 24.7.